The van der Waals surface area contributed by atoms with Crippen molar-refractivity contribution >= 4 is 15.9 Å². The summed E-state index contributed by atoms with van der Waals surface area (Å²) in [7, 11) is 1.63. The Morgan fingerprint density at radius 1 is 1.22 bits per heavy atom. The smallest absolute Gasteiger partial charge is 0.137 e. The summed E-state index contributed by atoms with van der Waals surface area (Å²) in [5.41, 5.74) is 1.82. The second kappa shape index (κ2) is 4.65. The van der Waals surface area contributed by atoms with Gasteiger partial charge in [0, 0.05) is 17.7 Å². The Kier molecular flexibility index (Phi) is 2.99. The summed E-state index contributed by atoms with van der Waals surface area (Å²) in [6.07, 6.45) is 5.84. The van der Waals surface area contributed by atoms with E-state index in [4.69, 9.17) is 4.74 Å². The van der Waals surface area contributed by atoms with Crippen LogP contribution in [0.1, 0.15) is 24.6 Å². The summed E-state index contributed by atoms with van der Waals surface area (Å²) in [6, 6.07) is 3.83. The number of rotatable bonds is 3. The molecule has 18 heavy (non-hydrogen) atoms. The average molecular weight is 306 g/mol. The molecule has 92 valence electrons. The second-order valence-corrected chi connectivity index (χ2v) is 5.13. The SMILES string of the molecule is COc1cncc(-c2cc(Br)nc(C3CC3)n2)c1. The molecule has 0 radical (unpaired) electrons. The van der Waals surface area contributed by atoms with Crippen LogP contribution < -0.4 is 4.74 Å². The van der Waals surface area contributed by atoms with E-state index in [0.29, 0.717) is 5.92 Å². The van der Waals surface area contributed by atoms with Gasteiger partial charge in [-0.05, 0) is 40.9 Å². The molecule has 1 aliphatic rings. The van der Waals surface area contributed by atoms with Crippen molar-refractivity contribution in [1.82, 2.24) is 15.0 Å². The number of methoxy groups -OCH3 is 1. The Morgan fingerprint density at radius 3 is 2.78 bits per heavy atom. The van der Waals surface area contributed by atoms with Crippen LogP contribution in [-0.4, -0.2) is 22.1 Å². The molecule has 0 atom stereocenters. The van der Waals surface area contributed by atoms with E-state index in [1.165, 1.54) is 12.8 Å². The molecule has 0 unspecified atom stereocenters. The third-order valence-corrected chi connectivity index (χ3v) is 3.31. The van der Waals surface area contributed by atoms with E-state index in [0.717, 1.165) is 27.4 Å². The first-order chi connectivity index (χ1) is 8.76. The highest BCUT2D eigenvalue weighted by Crippen LogP contribution is 2.39. The van der Waals surface area contributed by atoms with Crippen LogP contribution in [-0.2, 0) is 0 Å². The van der Waals surface area contributed by atoms with Crippen molar-refractivity contribution in [3.05, 3.63) is 35.0 Å². The van der Waals surface area contributed by atoms with Gasteiger partial charge in [0.1, 0.15) is 16.2 Å². The molecule has 2 heterocycles. The lowest BCUT2D eigenvalue weighted by Gasteiger charge is -2.06. The van der Waals surface area contributed by atoms with E-state index >= 15 is 0 Å². The summed E-state index contributed by atoms with van der Waals surface area (Å²) in [5, 5.41) is 0. The molecule has 0 amide bonds. The normalized spacial score (nSPS) is 14.6. The lowest BCUT2D eigenvalue weighted by atomic mass is 10.2. The predicted octanol–water partition coefficient (Wildman–Crippen LogP) is 3.19. The van der Waals surface area contributed by atoms with Crippen molar-refractivity contribution in [2.24, 2.45) is 0 Å². The number of aromatic nitrogens is 3. The molecule has 1 fully saturated rings. The Balaban J connectivity index is 2.04. The van der Waals surface area contributed by atoms with Crippen LogP contribution in [0.25, 0.3) is 11.3 Å². The van der Waals surface area contributed by atoms with Gasteiger partial charge in [-0.1, -0.05) is 0 Å². The lowest BCUT2D eigenvalue weighted by molar-refractivity contribution is 0.413. The largest absolute Gasteiger partial charge is 0.495 e. The molecule has 4 nitrogen and oxygen atoms in total. The molecule has 0 aromatic carbocycles. The maximum Gasteiger partial charge on any atom is 0.137 e. The van der Waals surface area contributed by atoms with Gasteiger partial charge in [0.2, 0.25) is 0 Å². The highest BCUT2D eigenvalue weighted by atomic mass is 79.9. The standard InChI is InChI=1S/C13H12BrN3O/c1-18-10-4-9(6-15-7-10)11-5-12(14)17-13(16-11)8-2-3-8/h4-8H,2-3H2,1H3. The number of nitrogens with zero attached hydrogens (tertiary/aromatic N) is 3. The first-order valence-electron chi connectivity index (χ1n) is 5.80. The van der Waals surface area contributed by atoms with Crippen molar-refractivity contribution in [3.63, 3.8) is 0 Å². The summed E-state index contributed by atoms with van der Waals surface area (Å²) in [4.78, 5) is 13.2. The third kappa shape index (κ3) is 2.36. The van der Waals surface area contributed by atoms with Crippen LogP contribution in [0.15, 0.2) is 29.1 Å². The zero-order valence-corrected chi connectivity index (χ0v) is 11.5. The molecule has 0 saturated heterocycles. The number of halogens is 1. The summed E-state index contributed by atoms with van der Waals surface area (Å²) >= 11 is 3.44. The maximum absolute atomic E-state index is 5.18. The first kappa shape index (κ1) is 11.6. The molecule has 0 N–H and O–H groups in total. The Labute approximate surface area is 114 Å². The summed E-state index contributed by atoms with van der Waals surface area (Å²) in [5.74, 6) is 2.18. The van der Waals surface area contributed by atoms with Crippen LogP contribution in [0.2, 0.25) is 0 Å². The Morgan fingerprint density at radius 2 is 2.06 bits per heavy atom. The molecule has 2 aromatic rings. The van der Waals surface area contributed by atoms with Crippen LogP contribution in [0.5, 0.6) is 5.75 Å². The van der Waals surface area contributed by atoms with E-state index in [-0.39, 0.29) is 0 Å². The van der Waals surface area contributed by atoms with Gasteiger partial charge in [0.25, 0.3) is 0 Å². The van der Waals surface area contributed by atoms with Gasteiger partial charge < -0.3 is 4.74 Å². The van der Waals surface area contributed by atoms with Gasteiger partial charge in [-0.2, -0.15) is 0 Å². The van der Waals surface area contributed by atoms with Gasteiger partial charge in [-0.3, -0.25) is 4.98 Å². The van der Waals surface area contributed by atoms with Crippen molar-refractivity contribution in [2.45, 2.75) is 18.8 Å². The first-order valence-corrected chi connectivity index (χ1v) is 6.59. The minimum atomic E-state index is 0.528. The fourth-order valence-corrected chi connectivity index (χ4v) is 2.18. The zero-order valence-electron chi connectivity index (χ0n) is 9.93. The van der Waals surface area contributed by atoms with Crippen LogP contribution >= 0.6 is 15.9 Å². The van der Waals surface area contributed by atoms with E-state index in [2.05, 4.69) is 30.9 Å². The van der Waals surface area contributed by atoms with E-state index in [1.807, 2.05) is 12.1 Å². The van der Waals surface area contributed by atoms with Crippen molar-refractivity contribution in [2.75, 3.05) is 7.11 Å². The number of pyridine rings is 1. The highest BCUT2D eigenvalue weighted by molar-refractivity contribution is 9.10. The minimum absolute atomic E-state index is 0.528. The highest BCUT2D eigenvalue weighted by Gasteiger charge is 2.27. The average Bonchev–Trinajstić information content (AvgIpc) is 3.22. The molecule has 1 saturated carbocycles. The second-order valence-electron chi connectivity index (χ2n) is 4.32. The van der Waals surface area contributed by atoms with Crippen molar-refractivity contribution in [1.29, 1.82) is 0 Å². The maximum atomic E-state index is 5.18. The minimum Gasteiger partial charge on any atom is -0.495 e. The van der Waals surface area contributed by atoms with Crippen molar-refractivity contribution < 1.29 is 4.74 Å². The summed E-state index contributed by atoms with van der Waals surface area (Å²) < 4.78 is 6.00. The van der Waals surface area contributed by atoms with E-state index in [9.17, 15) is 0 Å². The molecule has 3 rings (SSSR count). The number of ether oxygens (including phenoxy) is 1. The number of hydrogen-bond acceptors (Lipinski definition) is 4. The van der Waals surface area contributed by atoms with Crippen LogP contribution in [0, 0.1) is 0 Å². The molecule has 0 aliphatic heterocycles. The fraction of sp³-hybridized carbons (Fsp3) is 0.308. The monoisotopic (exact) mass is 305 g/mol. The third-order valence-electron chi connectivity index (χ3n) is 2.90. The molecule has 0 bridgehead atoms. The van der Waals surface area contributed by atoms with Gasteiger partial charge in [-0.25, -0.2) is 9.97 Å². The zero-order chi connectivity index (χ0) is 12.5. The van der Waals surface area contributed by atoms with E-state index < -0.39 is 0 Å². The quantitative estimate of drug-likeness (QED) is 0.817. The van der Waals surface area contributed by atoms with Crippen LogP contribution in [0.3, 0.4) is 0 Å². The fourth-order valence-electron chi connectivity index (χ4n) is 1.78. The number of hydrogen-bond donors (Lipinski definition) is 0. The summed E-state index contributed by atoms with van der Waals surface area (Å²) in [6.45, 7) is 0. The molecule has 2 aromatic heterocycles. The predicted molar refractivity (Wildman–Crippen MR) is 71.5 cm³/mol. The molecular formula is C13H12BrN3O. The topological polar surface area (TPSA) is 47.9 Å². The molecule has 0 spiro atoms. The van der Waals surface area contributed by atoms with Gasteiger partial charge >= 0.3 is 0 Å². The van der Waals surface area contributed by atoms with Gasteiger partial charge in [-0.15, -0.1) is 0 Å². The molecule has 5 heteroatoms. The molecule has 1 aliphatic carbocycles. The van der Waals surface area contributed by atoms with Crippen molar-refractivity contribution in [3.8, 4) is 17.0 Å². The van der Waals surface area contributed by atoms with E-state index in [1.54, 1.807) is 19.5 Å². The Hall–Kier alpha value is -1.49. The van der Waals surface area contributed by atoms with Gasteiger partial charge in [0.15, 0.2) is 0 Å². The molecular weight excluding hydrogens is 294 g/mol. The van der Waals surface area contributed by atoms with Gasteiger partial charge in [0.05, 0.1) is 19.0 Å². The Bertz CT molecular complexity index is 584. The lowest BCUT2D eigenvalue weighted by Crippen LogP contribution is -1.96. The van der Waals surface area contributed by atoms with Crippen LogP contribution in [0.4, 0.5) is 0 Å².